The predicted molar refractivity (Wildman–Crippen MR) is 71.4 cm³/mol. The van der Waals surface area contributed by atoms with Gasteiger partial charge in [-0.15, -0.1) is 0 Å². The predicted octanol–water partition coefficient (Wildman–Crippen LogP) is 2.47. The maximum Gasteiger partial charge on any atom is 0.307 e. The molecule has 0 unspecified atom stereocenters. The average molecular weight is 265 g/mol. The molecular formula is C15H20FNO2. The number of hydrogen-bond donors (Lipinski definition) is 1. The number of carbonyl (C=O) groups excluding carboxylic acids is 1. The molecule has 1 aromatic carbocycles. The average Bonchev–Trinajstić information content (AvgIpc) is 3.15. The molecule has 1 aromatic rings. The molecule has 0 bridgehead atoms. The minimum Gasteiger partial charge on any atom is -0.466 e. The Labute approximate surface area is 113 Å². The number of ether oxygens (including phenoxy) is 1. The summed E-state index contributed by atoms with van der Waals surface area (Å²) in [6.45, 7) is 3.81. The van der Waals surface area contributed by atoms with Crippen LogP contribution in [0.4, 0.5) is 4.39 Å². The summed E-state index contributed by atoms with van der Waals surface area (Å²) in [6.07, 6.45) is 1.56. The first-order chi connectivity index (χ1) is 9.20. The lowest BCUT2D eigenvalue weighted by Crippen LogP contribution is -2.21. The lowest BCUT2D eigenvalue weighted by Gasteiger charge is -2.04. The third-order valence-electron chi connectivity index (χ3n) is 3.44. The Kier molecular flexibility index (Phi) is 4.91. The maximum absolute atomic E-state index is 12.8. The van der Waals surface area contributed by atoms with Gasteiger partial charge in [0, 0.05) is 6.54 Å². The van der Waals surface area contributed by atoms with E-state index in [1.54, 1.807) is 0 Å². The van der Waals surface area contributed by atoms with Crippen LogP contribution in [0.5, 0.6) is 0 Å². The van der Waals surface area contributed by atoms with Gasteiger partial charge in [0.2, 0.25) is 0 Å². The van der Waals surface area contributed by atoms with Crippen LogP contribution in [0.3, 0.4) is 0 Å². The standard InChI is InChI=1S/C15H20FNO2/c1-2-19-15(18)7-8-17-10-12-9-14(12)11-3-5-13(16)6-4-11/h3-6,12,14,17H,2,7-10H2,1H3/t12-,14-/m0/s1. The summed E-state index contributed by atoms with van der Waals surface area (Å²) in [4.78, 5) is 11.1. The van der Waals surface area contributed by atoms with Gasteiger partial charge in [-0.25, -0.2) is 4.39 Å². The topological polar surface area (TPSA) is 38.3 Å². The van der Waals surface area contributed by atoms with E-state index < -0.39 is 0 Å². The molecule has 0 aliphatic heterocycles. The highest BCUT2D eigenvalue weighted by Gasteiger charge is 2.37. The van der Waals surface area contributed by atoms with Crippen LogP contribution in [-0.2, 0) is 9.53 Å². The van der Waals surface area contributed by atoms with Crippen molar-refractivity contribution in [2.75, 3.05) is 19.7 Å². The van der Waals surface area contributed by atoms with Gasteiger partial charge in [0.15, 0.2) is 0 Å². The van der Waals surface area contributed by atoms with Crippen molar-refractivity contribution in [3.63, 3.8) is 0 Å². The Morgan fingerprint density at radius 2 is 2.16 bits per heavy atom. The van der Waals surface area contributed by atoms with E-state index in [-0.39, 0.29) is 11.8 Å². The minimum absolute atomic E-state index is 0.152. The first-order valence-electron chi connectivity index (χ1n) is 6.82. The molecule has 104 valence electrons. The van der Waals surface area contributed by atoms with Gasteiger partial charge in [0.1, 0.15) is 5.82 Å². The molecule has 0 radical (unpaired) electrons. The third kappa shape index (κ3) is 4.31. The molecule has 2 rings (SSSR count). The van der Waals surface area contributed by atoms with Crippen LogP contribution in [-0.4, -0.2) is 25.7 Å². The SMILES string of the molecule is CCOC(=O)CCNC[C@@H]1C[C@H]1c1ccc(F)cc1. The molecule has 0 spiro atoms. The highest BCUT2D eigenvalue weighted by atomic mass is 19.1. The molecule has 1 aliphatic carbocycles. The number of halogens is 1. The van der Waals surface area contributed by atoms with E-state index in [0.717, 1.165) is 13.0 Å². The zero-order valence-corrected chi connectivity index (χ0v) is 11.2. The summed E-state index contributed by atoms with van der Waals surface area (Å²) in [5, 5.41) is 3.27. The highest BCUT2D eigenvalue weighted by molar-refractivity contribution is 5.69. The molecule has 1 N–H and O–H groups in total. The zero-order chi connectivity index (χ0) is 13.7. The molecular weight excluding hydrogens is 245 g/mol. The van der Waals surface area contributed by atoms with Gasteiger partial charge in [-0.2, -0.15) is 0 Å². The van der Waals surface area contributed by atoms with Crippen LogP contribution in [0.25, 0.3) is 0 Å². The fourth-order valence-electron chi connectivity index (χ4n) is 2.30. The summed E-state index contributed by atoms with van der Waals surface area (Å²) >= 11 is 0. The maximum atomic E-state index is 12.8. The van der Waals surface area contributed by atoms with Crippen molar-refractivity contribution in [2.45, 2.75) is 25.7 Å². The Bertz CT molecular complexity index is 419. The number of hydrogen-bond acceptors (Lipinski definition) is 3. The fourth-order valence-corrected chi connectivity index (χ4v) is 2.30. The molecule has 0 heterocycles. The summed E-state index contributed by atoms with van der Waals surface area (Å²) in [6, 6.07) is 6.75. The minimum atomic E-state index is -0.187. The number of benzene rings is 1. The van der Waals surface area contributed by atoms with Crippen molar-refractivity contribution in [1.29, 1.82) is 0 Å². The van der Waals surface area contributed by atoms with E-state index in [1.165, 1.54) is 17.7 Å². The molecule has 0 aromatic heterocycles. The lowest BCUT2D eigenvalue weighted by atomic mass is 10.1. The second-order valence-electron chi connectivity index (χ2n) is 4.91. The first-order valence-corrected chi connectivity index (χ1v) is 6.82. The second-order valence-corrected chi connectivity index (χ2v) is 4.91. The van der Waals surface area contributed by atoms with Gasteiger partial charge in [0.05, 0.1) is 13.0 Å². The zero-order valence-electron chi connectivity index (χ0n) is 11.2. The summed E-state index contributed by atoms with van der Waals surface area (Å²) in [5.41, 5.74) is 1.21. The highest BCUT2D eigenvalue weighted by Crippen LogP contribution is 2.46. The molecule has 1 fully saturated rings. The molecule has 0 amide bonds. The van der Waals surface area contributed by atoms with E-state index in [2.05, 4.69) is 5.32 Å². The van der Waals surface area contributed by atoms with Crippen molar-refractivity contribution in [2.24, 2.45) is 5.92 Å². The smallest absolute Gasteiger partial charge is 0.307 e. The van der Waals surface area contributed by atoms with E-state index in [9.17, 15) is 9.18 Å². The Morgan fingerprint density at radius 1 is 1.42 bits per heavy atom. The first kappa shape index (κ1) is 14.0. The number of nitrogens with one attached hydrogen (secondary N) is 1. The Balaban J connectivity index is 1.62. The normalized spacial score (nSPS) is 21.2. The van der Waals surface area contributed by atoms with Gasteiger partial charge in [-0.1, -0.05) is 12.1 Å². The van der Waals surface area contributed by atoms with Crippen molar-refractivity contribution in [3.05, 3.63) is 35.6 Å². The van der Waals surface area contributed by atoms with Crippen molar-refractivity contribution >= 4 is 5.97 Å². The number of carbonyl (C=O) groups is 1. The molecule has 1 aliphatic rings. The number of rotatable bonds is 7. The van der Waals surface area contributed by atoms with Crippen molar-refractivity contribution in [3.8, 4) is 0 Å². The van der Waals surface area contributed by atoms with Crippen molar-refractivity contribution < 1.29 is 13.9 Å². The fraction of sp³-hybridized carbons (Fsp3) is 0.533. The van der Waals surface area contributed by atoms with E-state index in [1.807, 2.05) is 19.1 Å². The lowest BCUT2D eigenvalue weighted by molar-refractivity contribution is -0.142. The summed E-state index contributed by atoms with van der Waals surface area (Å²) in [7, 11) is 0. The molecule has 1 saturated carbocycles. The summed E-state index contributed by atoms with van der Waals surface area (Å²) in [5.74, 6) is 0.803. The molecule has 3 nitrogen and oxygen atoms in total. The van der Waals surface area contributed by atoms with Gasteiger partial charge in [-0.3, -0.25) is 4.79 Å². The van der Waals surface area contributed by atoms with E-state index in [4.69, 9.17) is 4.74 Å². The quantitative estimate of drug-likeness (QED) is 0.608. The van der Waals surface area contributed by atoms with Gasteiger partial charge in [-0.05, 0) is 49.4 Å². The molecule has 19 heavy (non-hydrogen) atoms. The van der Waals surface area contributed by atoms with Crippen LogP contribution < -0.4 is 5.32 Å². The van der Waals surface area contributed by atoms with Crippen molar-refractivity contribution in [1.82, 2.24) is 5.32 Å². The number of esters is 1. The monoisotopic (exact) mass is 265 g/mol. The van der Waals surface area contributed by atoms with Gasteiger partial charge >= 0.3 is 5.97 Å². The Morgan fingerprint density at radius 3 is 2.84 bits per heavy atom. The molecule has 0 saturated heterocycles. The summed E-state index contributed by atoms with van der Waals surface area (Å²) < 4.78 is 17.7. The largest absolute Gasteiger partial charge is 0.466 e. The Hall–Kier alpha value is -1.42. The second kappa shape index (κ2) is 6.66. The van der Waals surface area contributed by atoms with Crippen LogP contribution in [0, 0.1) is 11.7 Å². The van der Waals surface area contributed by atoms with Crippen LogP contribution >= 0.6 is 0 Å². The van der Waals surface area contributed by atoms with Gasteiger partial charge in [0.25, 0.3) is 0 Å². The molecule has 4 heteroatoms. The van der Waals surface area contributed by atoms with Crippen LogP contribution in [0.2, 0.25) is 0 Å². The van der Waals surface area contributed by atoms with Crippen LogP contribution in [0.15, 0.2) is 24.3 Å². The van der Waals surface area contributed by atoms with Gasteiger partial charge < -0.3 is 10.1 Å². The van der Waals surface area contributed by atoms with E-state index >= 15 is 0 Å². The third-order valence-corrected chi connectivity index (χ3v) is 3.44. The van der Waals surface area contributed by atoms with E-state index in [0.29, 0.717) is 31.4 Å². The van der Waals surface area contributed by atoms with Crippen LogP contribution in [0.1, 0.15) is 31.2 Å². The molecule has 2 atom stereocenters.